The first kappa shape index (κ1) is 9.98. The Balaban J connectivity index is 2.20. The minimum atomic E-state index is 0.247. The van der Waals surface area contributed by atoms with Crippen molar-refractivity contribution in [1.82, 2.24) is 9.97 Å². The molecule has 16 heavy (non-hydrogen) atoms. The first-order valence-corrected chi connectivity index (χ1v) is 6.19. The normalized spacial score (nSPS) is 17.4. The molecule has 0 amide bonds. The van der Waals surface area contributed by atoms with Crippen LogP contribution in [-0.4, -0.2) is 28.9 Å². The second-order valence-electron chi connectivity index (χ2n) is 3.36. The summed E-state index contributed by atoms with van der Waals surface area (Å²) in [7, 11) is 0. The summed E-state index contributed by atoms with van der Waals surface area (Å²) in [6.07, 6.45) is 3.59. The summed E-state index contributed by atoms with van der Waals surface area (Å²) in [5.74, 6) is 1.65. The Kier molecular flexibility index (Phi) is 2.29. The summed E-state index contributed by atoms with van der Waals surface area (Å²) >= 11 is 3.77. The highest BCUT2D eigenvalue weighted by Crippen LogP contribution is 2.32. The third-order valence-corrected chi connectivity index (χ3v) is 3.37. The maximum atomic E-state index is 10.7. The van der Waals surface area contributed by atoms with Gasteiger partial charge in [0.1, 0.15) is 5.84 Å². The molecule has 7 heteroatoms. The molecule has 5 nitrogen and oxygen atoms in total. The topological polar surface area (TPSA) is 58.5 Å². The fraction of sp³-hybridized carbons (Fsp3) is 0.222. The highest BCUT2D eigenvalue weighted by atomic mass is 79.9. The lowest BCUT2D eigenvalue weighted by molar-refractivity contribution is 0.601. The predicted molar refractivity (Wildman–Crippen MR) is 64.9 cm³/mol. The lowest BCUT2D eigenvalue weighted by Crippen LogP contribution is -2.31. The van der Waals surface area contributed by atoms with Crippen molar-refractivity contribution in [3.05, 3.63) is 16.2 Å². The van der Waals surface area contributed by atoms with E-state index in [0.717, 1.165) is 34.8 Å². The Morgan fingerprint density at radius 3 is 3.19 bits per heavy atom. The van der Waals surface area contributed by atoms with Crippen LogP contribution in [0, 0.1) is 0 Å². The van der Waals surface area contributed by atoms with E-state index in [1.54, 1.807) is 6.20 Å². The number of hydrogen-bond donors (Lipinski definition) is 0. The van der Waals surface area contributed by atoms with Crippen LogP contribution in [0.25, 0.3) is 6.08 Å². The van der Waals surface area contributed by atoms with Crippen molar-refractivity contribution in [2.45, 2.75) is 5.16 Å². The molecule has 3 heterocycles. The Labute approximate surface area is 104 Å². The van der Waals surface area contributed by atoms with Gasteiger partial charge in [-0.25, -0.2) is 0 Å². The van der Waals surface area contributed by atoms with Gasteiger partial charge in [-0.05, 0) is 22.0 Å². The number of halogens is 1. The zero-order valence-electron chi connectivity index (χ0n) is 8.05. The van der Waals surface area contributed by atoms with Crippen molar-refractivity contribution in [3.8, 4) is 0 Å². The van der Waals surface area contributed by atoms with Crippen molar-refractivity contribution in [2.75, 3.05) is 18.0 Å². The van der Waals surface area contributed by atoms with Crippen molar-refractivity contribution in [1.29, 1.82) is 0 Å². The van der Waals surface area contributed by atoms with Crippen LogP contribution in [-0.2, 0) is 15.9 Å². The first-order chi connectivity index (χ1) is 7.79. The quantitative estimate of drug-likeness (QED) is 0.578. The van der Waals surface area contributed by atoms with E-state index in [2.05, 4.69) is 30.9 Å². The van der Waals surface area contributed by atoms with Crippen LogP contribution in [0.4, 0.5) is 5.82 Å². The van der Waals surface area contributed by atoms with Gasteiger partial charge in [0, 0.05) is 22.5 Å². The van der Waals surface area contributed by atoms with Gasteiger partial charge in [0.25, 0.3) is 0 Å². The van der Waals surface area contributed by atoms with Crippen LogP contribution in [0.15, 0.2) is 20.8 Å². The van der Waals surface area contributed by atoms with Gasteiger partial charge >= 0.3 is 16.8 Å². The van der Waals surface area contributed by atoms with E-state index in [-0.39, 0.29) is 5.16 Å². The average Bonchev–Trinajstić information content (AvgIpc) is 2.78. The number of rotatable bonds is 1. The Bertz CT molecular complexity index is 542. The van der Waals surface area contributed by atoms with E-state index >= 15 is 0 Å². The average molecular weight is 298 g/mol. The molecule has 0 saturated heterocycles. The second kappa shape index (κ2) is 3.67. The molecule has 0 aliphatic carbocycles. The summed E-state index contributed by atoms with van der Waals surface area (Å²) in [5, 5.41) is 0.247. The van der Waals surface area contributed by atoms with Crippen molar-refractivity contribution < 1.29 is 4.21 Å². The Hall–Kier alpha value is -1.21. The monoisotopic (exact) mass is 297 g/mol. The molecule has 0 bridgehead atoms. The maximum Gasteiger partial charge on any atom is 0.550 e. The van der Waals surface area contributed by atoms with Crippen LogP contribution >= 0.6 is 15.9 Å². The number of aromatic nitrogens is 2. The van der Waals surface area contributed by atoms with Crippen LogP contribution in [0.1, 0.15) is 5.56 Å². The van der Waals surface area contributed by atoms with Crippen molar-refractivity contribution in [3.63, 3.8) is 0 Å². The zero-order valence-corrected chi connectivity index (χ0v) is 10.5. The van der Waals surface area contributed by atoms with Crippen LogP contribution in [0.5, 0.6) is 0 Å². The summed E-state index contributed by atoms with van der Waals surface area (Å²) in [6, 6.07) is 0. The number of nitrogens with zero attached hydrogens (tertiary/aromatic N) is 4. The highest BCUT2D eigenvalue weighted by Gasteiger charge is 2.30. The van der Waals surface area contributed by atoms with Gasteiger partial charge in [-0.1, -0.05) is 0 Å². The van der Waals surface area contributed by atoms with E-state index in [4.69, 9.17) is 0 Å². The van der Waals surface area contributed by atoms with Gasteiger partial charge in [0.15, 0.2) is 5.82 Å². The zero-order chi connectivity index (χ0) is 11.1. The first-order valence-electron chi connectivity index (χ1n) is 4.66. The fourth-order valence-electron chi connectivity index (χ4n) is 1.78. The molecule has 1 aromatic heterocycles. The number of anilines is 1. The van der Waals surface area contributed by atoms with Gasteiger partial charge in [0.2, 0.25) is 0 Å². The molecule has 2 aliphatic heterocycles. The van der Waals surface area contributed by atoms with E-state index < -0.39 is 0 Å². The SMILES string of the molecule is O=[S+]c1ncc2c(n1)N1CCN=C1C(Br)=C2. The fourth-order valence-corrected chi connectivity index (χ4v) is 2.59. The number of fused-ring (bicyclic) bond motifs is 3. The molecule has 1 aromatic rings. The Morgan fingerprint density at radius 1 is 1.50 bits per heavy atom. The molecule has 0 saturated carbocycles. The van der Waals surface area contributed by atoms with E-state index in [0.29, 0.717) is 11.7 Å². The van der Waals surface area contributed by atoms with E-state index in [1.807, 2.05) is 11.0 Å². The van der Waals surface area contributed by atoms with Crippen LogP contribution in [0.2, 0.25) is 0 Å². The summed E-state index contributed by atoms with van der Waals surface area (Å²) in [6.45, 7) is 1.55. The number of amidine groups is 1. The molecule has 0 fully saturated rings. The third kappa shape index (κ3) is 1.39. The van der Waals surface area contributed by atoms with Crippen LogP contribution < -0.4 is 4.90 Å². The molecular formula is C9H6BrN4OS+. The minimum Gasteiger partial charge on any atom is -0.308 e. The lowest BCUT2D eigenvalue weighted by atomic mass is 10.2. The molecule has 0 spiro atoms. The summed E-state index contributed by atoms with van der Waals surface area (Å²) in [5.41, 5.74) is 0.908. The molecule has 0 N–H and O–H groups in total. The smallest absolute Gasteiger partial charge is 0.308 e. The standard InChI is InChI=1S/C9H6BrN4OS/c10-6-3-5-4-12-9(16-15)13-7(5)14-2-1-11-8(6)14/h3-4H,1-2H2/q+1. The van der Waals surface area contributed by atoms with Gasteiger partial charge in [0.05, 0.1) is 11.0 Å². The third-order valence-electron chi connectivity index (χ3n) is 2.44. The van der Waals surface area contributed by atoms with Crippen LogP contribution in [0.3, 0.4) is 0 Å². The lowest BCUT2D eigenvalue weighted by Gasteiger charge is -2.23. The molecule has 0 aromatic carbocycles. The molecule has 0 atom stereocenters. The van der Waals surface area contributed by atoms with E-state index in [1.165, 1.54) is 0 Å². The maximum absolute atomic E-state index is 10.7. The molecule has 0 unspecified atom stereocenters. The largest absolute Gasteiger partial charge is 0.550 e. The molecule has 2 aliphatic rings. The number of hydrogen-bond acceptors (Lipinski definition) is 5. The summed E-state index contributed by atoms with van der Waals surface area (Å²) < 4.78 is 11.6. The molecule has 80 valence electrons. The number of aliphatic imine (C=N–C) groups is 1. The minimum absolute atomic E-state index is 0.247. The van der Waals surface area contributed by atoms with Gasteiger partial charge < -0.3 is 4.90 Å². The van der Waals surface area contributed by atoms with Crippen molar-refractivity contribution >= 4 is 45.3 Å². The highest BCUT2D eigenvalue weighted by molar-refractivity contribution is 9.12. The molecule has 0 radical (unpaired) electrons. The van der Waals surface area contributed by atoms with E-state index in [9.17, 15) is 4.21 Å². The molecular weight excluding hydrogens is 292 g/mol. The molecule has 3 rings (SSSR count). The van der Waals surface area contributed by atoms with Crippen molar-refractivity contribution in [2.24, 2.45) is 4.99 Å². The Morgan fingerprint density at radius 2 is 2.38 bits per heavy atom. The van der Waals surface area contributed by atoms with Gasteiger partial charge in [-0.15, -0.1) is 0 Å². The predicted octanol–water partition coefficient (Wildman–Crippen LogP) is 1.23. The summed E-state index contributed by atoms with van der Waals surface area (Å²) in [4.78, 5) is 14.6. The second-order valence-corrected chi connectivity index (χ2v) is 4.75. The van der Waals surface area contributed by atoms with Gasteiger partial charge in [-0.2, -0.15) is 9.97 Å². The van der Waals surface area contributed by atoms with Gasteiger partial charge in [-0.3, -0.25) is 4.99 Å².